The number of phenolic OH excluding ortho intramolecular Hbond substituents is 1. The number of likely N-dealkylation sites (tertiary alicyclic amines) is 1. The largest absolute Gasteiger partial charge is 0.508 e. The quantitative estimate of drug-likeness (QED) is 0.175. The van der Waals surface area contributed by atoms with Crippen molar-refractivity contribution < 1.29 is 23.7 Å². The fourth-order valence-corrected chi connectivity index (χ4v) is 8.17. The number of anilines is 1. The first-order valence-corrected chi connectivity index (χ1v) is 17.9. The van der Waals surface area contributed by atoms with E-state index in [1.807, 2.05) is 11.8 Å². The van der Waals surface area contributed by atoms with Crippen molar-refractivity contribution in [3.63, 3.8) is 0 Å². The third-order valence-electron chi connectivity index (χ3n) is 11.2. The van der Waals surface area contributed by atoms with Crippen LogP contribution in [0.25, 0.3) is 38.4 Å². The number of phenols is 1. The number of ether oxygens (including phenoxy) is 1. The van der Waals surface area contributed by atoms with Gasteiger partial charge in [0.1, 0.15) is 28.6 Å². The monoisotopic (exact) mass is 670 g/mol. The van der Waals surface area contributed by atoms with Gasteiger partial charge in [-0.05, 0) is 105 Å². The maximum Gasteiger partial charge on any atom is 0.319 e. The number of β-amino-alcohol motifs (C(OH)–C–C–N with tert-alkyl or cyclic N) is 1. The molecule has 0 radical (unpaired) electrons. The molecular formula is C38H44F2N6O3. The van der Waals surface area contributed by atoms with Crippen molar-refractivity contribution in [3.05, 3.63) is 53.7 Å². The molecule has 2 aromatic carbocycles. The Balaban J connectivity index is 1.26. The Morgan fingerprint density at radius 1 is 1.00 bits per heavy atom. The fourth-order valence-electron chi connectivity index (χ4n) is 8.17. The number of aromatic hydroxyl groups is 1. The topological polar surface area (TPSA) is 99.3 Å². The fraction of sp³-hybridized carbons (Fsp3) is 0.500. The zero-order valence-corrected chi connectivity index (χ0v) is 28.3. The minimum Gasteiger partial charge on any atom is -0.508 e. The molecule has 3 aromatic heterocycles. The zero-order chi connectivity index (χ0) is 33.9. The van der Waals surface area contributed by atoms with E-state index in [2.05, 4.69) is 16.9 Å². The van der Waals surface area contributed by atoms with Crippen LogP contribution in [-0.4, -0.2) is 80.1 Å². The Morgan fingerprint density at radius 2 is 1.82 bits per heavy atom. The number of nitrogens with zero attached hydrogens (tertiary/aromatic N) is 6. The van der Waals surface area contributed by atoms with E-state index in [-0.39, 0.29) is 28.4 Å². The summed E-state index contributed by atoms with van der Waals surface area (Å²) < 4.78 is 40.4. The highest BCUT2D eigenvalue weighted by Gasteiger charge is 2.45. The number of hydrogen-bond donors (Lipinski definition) is 2. The molecule has 0 amide bonds. The number of hydrogen-bond acceptors (Lipinski definition) is 8. The number of aromatic nitrogens is 4. The van der Waals surface area contributed by atoms with Crippen molar-refractivity contribution in [1.29, 1.82) is 0 Å². The number of aryl methyl sites for hydroxylation is 1. The summed E-state index contributed by atoms with van der Waals surface area (Å²) in [7, 11) is 0. The van der Waals surface area contributed by atoms with Crippen molar-refractivity contribution in [3.8, 4) is 23.0 Å². The lowest BCUT2D eigenvalue weighted by Gasteiger charge is -2.34. The number of fused-ring (bicyclic) bond motifs is 4. The molecule has 258 valence electrons. The van der Waals surface area contributed by atoms with Crippen LogP contribution in [0.1, 0.15) is 64.4 Å². The van der Waals surface area contributed by atoms with Gasteiger partial charge in [0, 0.05) is 30.6 Å². The summed E-state index contributed by atoms with van der Waals surface area (Å²) in [4.78, 5) is 14.2. The highest BCUT2D eigenvalue weighted by atomic mass is 19.1. The van der Waals surface area contributed by atoms with Crippen molar-refractivity contribution in [1.82, 2.24) is 24.5 Å². The van der Waals surface area contributed by atoms with Crippen molar-refractivity contribution in [2.24, 2.45) is 11.3 Å². The first-order chi connectivity index (χ1) is 23.8. The molecule has 3 fully saturated rings. The summed E-state index contributed by atoms with van der Waals surface area (Å²) >= 11 is 0. The smallest absolute Gasteiger partial charge is 0.319 e. The number of halogens is 2. The predicted octanol–water partition coefficient (Wildman–Crippen LogP) is 6.89. The van der Waals surface area contributed by atoms with Crippen molar-refractivity contribution in [2.45, 2.75) is 71.3 Å². The van der Waals surface area contributed by atoms with E-state index >= 15 is 8.78 Å². The summed E-state index contributed by atoms with van der Waals surface area (Å²) in [6, 6.07) is 7.87. The summed E-state index contributed by atoms with van der Waals surface area (Å²) in [6.07, 6.45) is 8.70. The van der Waals surface area contributed by atoms with Gasteiger partial charge in [-0.15, -0.1) is 0 Å². The van der Waals surface area contributed by atoms with Gasteiger partial charge in [0.2, 0.25) is 0 Å². The van der Waals surface area contributed by atoms with Gasteiger partial charge in [-0.3, -0.25) is 0 Å². The first kappa shape index (κ1) is 32.1. The lowest BCUT2D eigenvalue weighted by molar-refractivity contribution is 0.120. The number of rotatable bonds is 9. The van der Waals surface area contributed by atoms with Crippen LogP contribution in [0.3, 0.4) is 0 Å². The van der Waals surface area contributed by atoms with E-state index in [1.54, 1.807) is 24.4 Å². The number of piperidine rings is 2. The second-order valence-electron chi connectivity index (χ2n) is 14.5. The van der Waals surface area contributed by atoms with Gasteiger partial charge in [0.05, 0.1) is 29.8 Å². The summed E-state index contributed by atoms with van der Waals surface area (Å²) in [5.41, 5.74) is 1.46. The normalized spacial score (nSPS) is 20.1. The highest BCUT2D eigenvalue weighted by molar-refractivity contribution is 6.07. The Kier molecular flexibility index (Phi) is 8.30. The molecule has 5 aromatic rings. The van der Waals surface area contributed by atoms with Crippen LogP contribution in [0.15, 0.2) is 36.5 Å². The van der Waals surface area contributed by atoms with Gasteiger partial charge in [0.15, 0.2) is 5.82 Å². The molecule has 1 saturated carbocycles. The first-order valence-electron chi connectivity index (χ1n) is 17.9. The molecule has 2 aliphatic heterocycles. The third kappa shape index (κ3) is 5.84. The summed E-state index contributed by atoms with van der Waals surface area (Å²) in [5.74, 6) is 0.164. The predicted molar refractivity (Wildman–Crippen MR) is 186 cm³/mol. The van der Waals surface area contributed by atoms with Gasteiger partial charge in [0.25, 0.3) is 0 Å². The van der Waals surface area contributed by atoms with Crippen LogP contribution in [0, 0.1) is 23.0 Å². The van der Waals surface area contributed by atoms with E-state index in [0.29, 0.717) is 71.2 Å². The van der Waals surface area contributed by atoms with Crippen LogP contribution in [0.5, 0.6) is 11.8 Å². The minimum atomic E-state index is -0.671. The zero-order valence-electron chi connectivity index (χ0n) is 28.3. The maximum atomic E-state index is 17.4. The molecule has 1 atom stereocenters. The average molecular weight is 671 g/mol. The third-order valence-corrected chi connectivity index (χ3v) is 11.2. The number of aliphatic hydroxyl groups is 1. The van der Waals surface area contributed by atoms with Gasteiger partial charge < -0.3 is 24.7 Å². The van der Waals surface area contributed by atoms with Gasteiger partial charge in [-0.1, -0.05) is 26.3 Å². The van der Waals surface area contributed by atoms with Gasteiger partial charge in [-0.25, -0.2) is 13.3 Å². The molecule has 2 N–H and O–H groups in total. The lowest BCUT2D eigenvalue weighted by Crippen LogP contribution is -2.39. The molecule has 8 rings (SSSR count). The van der Waals surface area contributed by atoms with Gasteiger partial charge in [-0.2, -0.15) is 15.1 Å². The number of aliphatic hydroxyl groups excluding tert-OH is 1. The van der Waals surface area contributed by atoms with Crippen LogP contribution in [-0.2, 0) is 6.42 Å². The second-order valence-corrected chi connectivity index (χ2v) is 14.5. The Hall–Kier alpha value is -4.09. The maximum absolute atomic E-state index is 17.4. The van der Waals surface area contributed by atoms with Crippen molar-refractivity contribution >= 4 is 33.0 Å². The molecule has 0 spiro atoms. The summed E-state index contributed by atoms with van der Waals surface area (Å²) in [5, 5.41) is 27.5. The number of benzene rings is 2. The molecule has 0 bridgehead atoms. The molecule has 2 saturated heterocycles. The molecule has 11 heteroatoms. The number of pyridine rings is 1. The van der Waals surface area contributed by atoms with Crippen LogP contribution < -0.4 is 9.64 Å². The van der Waals surface area contributed by atoms with Crippen molar-refractivity contribution in [2.75, 3.05) is 44.2 Å². The standard InChI is InChI=1S/C38H44F2N6O3/c1-3-23-10-16-44(17-11-23)21-38(12-13-38)22-49-37-42-34-32(36(43-37)45-15-5-6-25(47)20-45)30-9-14-41-46(30)35(33(34)40)28-19-26(48)18-24-7-8-29(39)27(4-2)31(24)28/h7-9,14,18-19,23,25,47-48H,3-6,10-13,15-17,20-22H2,1-2H3. The molecule has 1 unspecified atom stereocenters. The molecule has 49 heavy (non-hydrogen) atoms. The average Bonchev–Trinajstić information content (AvgIpc) is 3.70. The van der Waals surface area contributed by atoms with E-state index < -0.39 is 17.7 Å². The second kappa shape index (κ2) is 12.7. The molecule has 1 aliphatic carbocycles. The minimum absolute atomic E-state index is 0.0269. The van der Waals surface area contributed by atoms with E-state index in [0.717, 1.165) is 44.8 Å². The lowest BCUT2D eigenvalue weighted by atomic mass is 9.93. The van der Waals surface area contributed by atoms with E-state index in [4.69, 9.17) is 14.7 Å². The Bertz CT molecular complexity index is 2040. The molecular weight excluding hydrogens is 626 g/mol. The van der Waals surface area contributed by atoms with Crippen LogP contribution in [0.2, 0.25) is 0 Å². The Morgan fingerprint density at radius 3 is 2.55 bits per heavy atom. The van der Waals surface area contributed by atoms with Crippen LogP contribution in [0.4, 0.5) is 14.6 Å². The molecule has 3 aliphatic rings. The molecule has 9 nitrogen and oxygen atoms in total. The molecule has 5 heterocycles. The summed E-state index contributed by atoms with van der Waals surface area (Å²) in [6.45, 7) is 8.74. The van der Waals surface area contributed by atoms with E-state index in [1.165, 1.54) is 35.9 Å². The van der Waals surface area contributed by atoms with E-state index in [9.17, 15) is 10.2 Å². The van der Waals surface area contributed by atoms with Gasteiger partial charge >= 0.3 is 6.01 Å². The van der Waals surface area contributed by atoms with Crippen LogP contribution >= 0.6 is 0 Å². The highest BCUT2D eigenvalue weighted by Crippen LogP contribution is 2.47. The SMILES string of the molecule is CCc1c(F)ccc2cc(O)cc(-c3c(F)c4nc(OCC5(CN6CCC(CC)CC6)CC5)nc(N5CCCC(O)C5)c4c4ccnn34)c12. The Labute approximate surface area is 284 Å².